The standard InChI is InChI=1S/C54H95N3O18P2/c1-4-5-22-28-41(58)32-33-43-45(59)36-46(60)44-29-24-20-21-26-31-50(62)73-42(37-70-49(61)30-25-19-17-15-13-11-9-7-6-8-10-12-14-16-18-23-27-40(2)3)38-71-76(66,67)75-77(68,69)72-39-47(52(64)51(43)63)74-53(44)57-35-34-48(55)56-54(57)65/h32-35,40-45,47,51-53,58-59,63-64H,4-31,36-39H2,1-3H3,(H,66,67)(H,68,69)(H2,55,56,65)/t41-,42+,43-,44-,45+,47+,51-,52+,53+/m0/s1. The first-order chi connectivity index (χ1) is 36.7. The molecule has 3 heterocycles. The van der Waals surface area contributed by atoms with Crippen molar-refractivity contribution in [3.8, 4) is 0 Å². The monoisotopic (exact) mass is 1140 g/mol. The first-order valence-electron chi connectivity index (χ1n) is 28.7. The quantitative estimate of drug-likeness (QED) is 0.0178. The summed E-state index contributed by atoms with van der Waals surface area (Å²) < 4.78 is 59.1. The van der Waals surface area contributed by atoms with E-state index in [9.17, 15) is 58.5 Å². The number of hydrogen-bond donors (Lipinski definition) is 7. The van der Waals surface area contributed by atoms with Gasteiger partial charge in [-0.15, -0.1) is 0 Å². The van der Waals surface area contributed by atoms with E-state index in [1.165, 1.54) is 101 Å². The molecule has 11 atom stereocenters. The Bertz CT molecular complexity index is 2030. The van der Waals surface area contributed by atoms with Gasteiger partial charge in [0.1, 0.15) is 36.6 Å². The van der Waals surface area contributed by atoms with Crippen LogP contribution in [0.15, 0.2) is 29.2 Å². The number of esters is 2. The average molecular weight is 1140 g/mol. The van der Waals surface area contributed by atoms with Crippen molar-refractivity contribution in [2.24, 2.45) is 17.8 Å². The van der Waals surface area contributed by atoms with Crippen molar-refractivity contribution in [2.75, 3.05) is 25.6 Å². The van der Waals surface area contributed by atoms with Crippen molar-refractivity contribution in [2.45, 2.75) is 250 Å². The van der Waals surface area contributed by atoms with Gasteiger partial charge in [0.25, 0.3) is 0 Å². The van der Waals surface area contributed by atoms with Crippen LogP contribution in [0.5, 0.6) is 0 Å². The van der Waals surface area contributed by atoms with Crippen LogP contribution in [0.3, 0.4) is 0 Å². The third-order valence-electron chi connectivity index (χ3n) is 14.2. The fourth-order valence-electron chi connectivity index (χ4n) is 9.63. The molecule has 8 N–H and O–H groups in total. The first kappa shape index (κ1) is 68.4. The number of aromatic nitrogens is 2. The molecule has 0 saturated carbocycles. The second kappa shape index (κ2) is 37.9. The number of carbonyl (C=O) groups excluding carboxylic acids is 3. The van der Waals surface area contributed by atoms with Crippen molar-refractivity contribution >= 4 is 39.2 Å². The van der Waals surface area contributed by atoms with E-state index in [1.54, 1.807) is 0 Å². The van der Waals surface area contributed by atoms with Gasteiger partial charge in [-0.05, 0) is 37.7 Å². The van der Waals surface area contributed by atoms with Crippen LogP contribution in [0.2, 0.25) is 0 Å². The molecule has 1 aromatic rings. The number of ether oxygens (including phenoxy) is 3. The molecule has 444 valence electrons. The van der Waals surface area contributed by atoms with Crippen molar-refractivity contribution in [1.82, 2.24) is 9.55 Å². The number of ketones is 1. The van der Waals surface area contributed by atoms with E-state index < -0.39 is 120 Å². The summed E-state index contributed by atoms with van der Waals surface area (Å²) in [7, 11) is -11.3. The minimum atomic E-state index is -5.71. The summed E-state index contributed by atoms with van der Waals surface area (Å²) in [6.45, 7) is 3.86. The predicted octanol–water partition coefficient (Wildman–Crippen LogP) is 9.23. The first-order valence-corrected chi connectivity index (χ1v) is 31.7. The summed E-state index contributed by atoms with van der Waals surface area (Å²) in [5.41, 5.74) is 4.76. The third-order valence-corrected chi connectivity index (χ3v) is 16.8. The van der Waals surface area contributed by atoms with Gasteiger partial charge in [-0.3, -0.25) is 28.0 Å². The predicted molar refractivity (Wildman–Crippen MR) is 290 cm³/mol. The molecular formula is C54H95N3O18P2. The van der Waals surface area contributed by atoms with Gasteiger partial charge in [0.05, 0.1) is 37.4 Å². The number of phosphoric acid groups is 2. The topological polar surface area (TPSA) is 323 Å². The second-order valence-electron chi connectivity index (χ2n) is 21.4. The summed E-state index contributed by atoms with van der Waals surface area (Å²) in [5.74, 6) is -4.10. The highest BCUT2D eigenvalue weighted by Gasteiger charge is 2.45. The van der Waals surface area contributed by atoms with Gasteiger partial charge in [0.2, 0.25) is 0 Å². The number of phosphoric ester groups is 2. The van der Waals surface area contributed by atoms with Crippen LogP contribution in [0.1, 0.15) is 213 Å². The molecule has 23 heteroatoms. The molecule has 0 aromatic carbocycles. The lowest BCUT2D eigenvalue weighted by molar-refractivity contribution is -0.184. The SMILES string of the molecule is CCCCC[C@H](O)C=C[C@@H]1[C@H](O)[C@H](O)[C@H]2COP(=O)(O)OP(=O)(O)OC[C@@H](COC(=O)CCCCCCCCCCCCCCCCCCC(C)C)OC(=O)CCCCCC[C@@H](C(=O)C[C@H]1O)[C@H](n1ccc(N)nc1=O)O2. The fourth-order valence-corrected chi connectivity index (χ4v) is 11.7. The average Bonchev–Trinajstić information content (AvgIpc) is 3.36. The minimum absolute atomic E-state index is 0.000370. The van der Waals surface area contributed by atoms with E-state index in [4.69, 9.17) is 29.0 Å². The Labute approximate surface area is 456 Å². The van der Waals surface area contributed by atoms with Crippen LogP contribution in [0, 0.1) is 17.8 Å². The summed E-state index contributed by atoms with van der Waals surface area (Å²) in [4.78, 5) is 78.6. The zero-order valence-electron chi connectivity index (χ0n) is 46.2. The summed E-state index contributed by atoms with van der Waals surface area (Å²) in [6.07, 6.45) is 15.6. The number of hydrogen-bond acceptors (Lipinski definition) is 18. The molecule has 2 saturated heterocycles. The highest BCUT2D eigenvalue weighted by atomic mass is 31.3. The molecule has 1 aromatic heterocycles. The number of rotatable bonds is 28. The lowest BCUT2D eigenvalue weighted by atomic mass is 9.83. The van der Waals surface area contributed by atoms with Crippen molar-refractivity contribution < 1.29 is 81.3 Å². The number of nitrogens with two attached hydrogens (primary N) is 1. The Morgan fingerprint density at radius 2 is 1.38 bits per heavy atom. The molecule has 0 radical (unpaired) electrons. The highest BCUT2D eigenvalue weighted by Crippen LogP contribution is 2.60. The van der Waals surface area contributed by atoms with E-state index in [1.807, 2.05) is 6.92 Å². The maximum absolute atomic E-state index is 14.3. The number of Topliss-reactive ketones (excluding diaryl/α,β-unsaturated/α-hetero) is 1. The number of cyclic esters (lactones) is 1. The highest BCUT2D eigenvalue weighted by molar-refractivity contribution is 7.61. The van der Waals surface area contributed by atoms with E-state index >= 15 is 0 Å². The zero-order valence-corrected chi connectivity index (χ0v) is 47.9. The van der Waals surface area contributed by atoms with E-state index in [0.29, 0.717) is 38.5 Å². The molecule has 2 unspecified atom stereocenters. The number of unbranched alkanes of at least 4 members (excludes halogenated alkanes) is 17. The molecule has 77 heavy (non-hydrogen) atoms. The molecule has 2 bridgehead atoms. The van der Waals surface area contributed by atoms with E-state index in [2.05, 4.69) is 23.1 Å². The molecule has 0 amide bonds. The molecule has 2 aliphatic rings. The van der Waals surface area contributed by atoms with Crippen LogP contribution in [-0.2, 0) is 51.1 Å². The Kier molecular flexibility index (Phi) is 33.7. The van der Waals surface area contributed by atoms with Gasteiger partial charge < -0.3 is 50.2 Å². The molecular weight excluding hydrogens is 1040 g/mol. The van der Waals surface area contributed by atoms with Crippen molar-refractivity contribution in [1.29, 1.82) is 0 Å². The number of carbonyl (C=O) groups is 3. The normalized spacial score (nSPS) is 28.3. The molecule has 21 nitrogen and oxygen atoms in total. The second-order valence-corrected chi connectivity index (χ2v) is 24.4. The van der Waals surface area contributed by atoms with Gasteiger partial charge in [-0.25, -0.2) is 13.9 Å². The molecule has 2 fully saturated rings. The molecule has 0 aliphatic carbocycles. The van der Waals surface area contributed by atoms with Gasteiger partial charge in [0.15, 0.2) is 6.10 Å². The van der Waals surface area contributed by atoms with E-state index in [-0.39, 0.29) is 31.5 Å². The van der Waals surface area contributed by atoms with Crippen LogP contribution in [0.25, 0.3) is 0 Å². The maximum Gasteiger partial charge on any atom is 0.481 e. The number of nitrogen functional groups attached to an aromatic ring is 1. The van der Waals surface area contributed by atoms with E-state index in [0.717, 1.165) is 49.0 Å². The van der Waals surface area contributed by atoms with Crippen molar-refractivity contribution in [3.05, 3.63) is 34.9 Å². The number of aliphatic hydroxyl groups is 4. The Morgan fingerprint density at radius 3 is 1.97 bits per heavy atom. The number of aliphatic hydroxyl groups excluding tert-OH is 4. The Balaban J connectivity index is 1.65. The lowest BCUT2D eigenvalue weighted by Gasteiger charge is -2.38. The maximum atomic E-state index is 14.3. The minimum Gasteiger partial charge on any atom is -0.462 e. The smallest absolute Gasteiger partial charge is 0.462 e. The van der Waals surface area contributed by atoms with Crippen LogP contribution in [0.4, 0.5) is 5.82 Å². The number of anilines is 1. The fraction of sp³-hybridized carbons (Fsp3) is 0.833. The number of fused-ring (bicyclic) bond motifs is 3. The lowest BCUT2D eigenvalue weighted by Crippen LogP contribution is -2.51. The molecule has 2 aliphatic heterocycles. The largest absolute Gasteiger partial charge is 0.481 e. The molecule has 0 spiro atoms. The van der Waals surface area contributed by atoms with Gasteiger partial charge in [-0.1, -0.05) is 174 Å². The molecule has 3 rings (SSSR count). The summed E-state index contributed by atoms with van der Waals surface area (Å²) in [6, 6.07) is 1.24. The van der Waals surface area contributed by atoms with Gasteiger partial charge in [0, 0.05) is 31.4 Å². The van der Waals surface area contributed by atoms with Crippen LogP contribution in [-0.4, -0.2) is 114 Å². The zero-order chi connectivity index (χ0) is 56.6. The van der Waals surface area contributed by atoms with Gasteiger partial charge in [-0.2, -0.15) is 9.29 Å². The number of nitrogens with zero attached hydrogens (tertiary/aromatic N) is 2. The van der Waals surface area contributed by atoms with Crippen molar-refractivity contribution in [3.63, 3.8) is 0 Å². The third kappa shape index (κ3) is 28.9. The summed E-state index contributed by atoms with van der Waals surface area (Å²) in [5, 5.41) is 45.6. The van der Waals surface area contributed by atoms with Crippen LogP contribution >= 0.6 is 15.6 Å². The van der Waals surface area contributed by atoms with Crippen LogP contribution < -0.4 is 11.4 Å². The van der Waals surface area contributed by atoms with Gasteiger partial charge >= 0.3 is 33.3 Å². The Morgan fingerprint density at radius 1 is 0.805 bits per heavy atom. The Hall–Kier alpha value is -2.91. The summed E-state index contributed by atoms with van der Waals surface area (Å²) >= 11 is 0.